The molecule has 0 unspecified atom stereocenters. The zero-order chi connectivity index (χ0) is 10.0. The fourth-order valence-corrected chi connectivity index (χ4v) is 1.04. The first kappa shape index (κ1) is 9.47. The van der Waals surface area contributed by atoms with Gasteiger partial charge in [-0.05, 0) is 6.07 Å². The molecule has 0 aliphatic heterocycles. The van der Waals surface area contributed by atoms with E-state index in [0.29, 0.717) is 0 Å². The highest BCUT2D eigenvalue weighted by atomic mass is 35.5. The van der Waals surface area contributed by atoms with Crippen LogP contribution in [0.3, 0.4) is 0 Å². The van der Waals surface area contributed by atoms with Crippen LogP contribution in [0.1, 0.15) is 10.4 Å². The van der Waals surface area contributed by atoms with Crippen LogP contribution in [0, 0.1) is 10.1 Å². The highest BCUT2D eigenvalue weighted by Crippen LogP contribution is 2.21. The van der Waals surface area contributed by atoms with Gasteiger partial charge >= 0.3 is 0 Å². The van der Waals surface area contributed by atoms with Gasteiger partial charge in [0.1, 0.15) is 0 Å². The predicted molar refractivity (Wildman–Crippen MR) is 42.4 cm³/mol. The number of benzene rings is 1. The first-order chi connectivity index (χ1) is 6.02. The van der Waals surface area contributed by atoms with Crippen molar-refractivity contribution in [3.8, 4) is 0 Å². The van der Waals surface area contributed by atoms with Gasteiger partial charge in [-0.3, -0.25) is 10.1 Å². The number of nitro benzene ring substituents is 1. The number of carbonyl (C=O) groups is 1. The lowest BCUT2D eigenvalue weighted by atomic mass is 10.2. The van der Waals surface area contributed by atoms with Crippen LogP contribution < -0.4 is 5.11 Å². The zero-order valence-corrected chi connectivity index (χ0v) is 6.95. The molecule has 1 rings (SSSR count). The molecule has 0 saturated heterocycles. The Hall–Kier alpha value is -1.62. The first-order valence-corrected chi connectivity index (χ1v) is 3.55. The monoisotopic (exact) mass is 200 g/mol. The van der Waals surface area contributed by atoms with Crippen molar-refractivity contribution in [2.45, 2.75) is 0 Å². The third-order valence-corrected chi connectivity index (χ3v) is 1.70. The topological polar surface area (TPSA) is 83.3 Å². The average molecular weight is 201 g/mol. The summed E-state index contributed by atoms with van der Waals surface area (Å²) in [4.78, 5) is 19.9. The van der Waals surface area contributed by atoms with Crippen LogP contribution in [0.15, 0.2) is 18.2 Å². The van der Waals surface area contributed by atoms with E-state index < -0.39 is 10.9 Å². The van der Waals surface area contributed by atoms with Crippen LogP contribution in [-0.2, 0) is 0 Å². The molecule has 0 bridgehead atoms. The molecule has 0 atom stereocenters. The van der Waals surface area contributed by atoms with Crippen molar-refractivity contribution >= 4 is 23.3 Å². The van der Waals surface area contributed by atoms with Crippen LogP contribution >= 0.6 is 11.6 Å². The van der Waals surface area contributed by atoms with Crippen molar-refractivity contribution in [3.05, 3.63) is 38.9 Å². The smallest absolute Gasteiger partial charge is 0.270 e. The second-order valence-corrected chi connectivity index (χ2v) is 2.62. The van der Waals surface area contributed by atoms with Crippen LogP contribution in [0.2, 0.25) is 5.02 Å². The van der Waals surface area contributed by atoms with E-state index in [-0.39, 0.29) is 16.3 Å². The van der Waals surface area contributed by atoms with Crippen molar-refractivity contribution in [3.63, 3.8) is 0 Å². The second-order valence-electron chi connectivity index (χ2n) is 2.21. The normalized spacial score (nSPS) is 9.62. The molecule has 0 N–H and O–H groups in total. The lowest BCUT2D eigenvalue weighted by Gasteiger charge is -2.03. The van der Waals surface area contributed by atoms with Crippen LogP contribution in [-0.4, -0.2) is 10.9 Å². The van der Waals surface area contributed by atoms with Gasteiger partial charge in [0.05, 0.1) is 15.9 Å². The number of non-ortho nitro benzene ring substituents is 1. The minimum atomic E-state index is -1.46. The molecular weight excluding hydrogens is 198 g/mol. The Bertz CT molecular complexity index is 377. The van der Waals surface area contributed by atoms with E-state index in [2.05, 4.69) is 0 Å². The van der Waals surface area contributed by atoms with Gasteiger partial charge < -0.3 is 9.90 Å². The van der Waals surface area contributed by atoms with E-state index >= 15 is 0 Å². The van der Waals surface area contributed by atoms with Crippen molar-refractivity contribution in [2.24, 2.45) is 0 Å². The van der Waals surface area contributed by atoms with Gasteiger partial charge in [-0.2, -0.15) is 0 Å². The Morgan fingerprint density at radius 3 is 2.46 bits per heavy atom. The molecule has 68 valence electrons. The van der Waals surface area contributed by atoms with E-state index in [0.717, 1.165) is 18.2 Å². The first-order valence-electron chi connectivity index (χ1n) is 3.17. The maximum atomic E-state index is 10.3. The van der Waals surface area contributed by atoms with Gasteiger partial charge in [-0.15, -0.1) is 0 Å². The van der Waals surface area contributed by atoms with Gasteiger partial charge in [0, 0.05) is 17.7 Å². The Morgan fingerprint density at radius 1 is 1.46 bits per heavy atom. The van der Waals surface area contributed by atoms with E-state index in [1.165, 1.54) is 0 Å². The van der Waals surface area contributed by atoms with Gasteiger partial charge in [0.25, 0.3) is 5.69 Å². The lowest BCUT2D eigenvalue weighted by molar-refractivity contribution is -0.384. The SMILES string of the molecule is O=C([O-])c1ccc([N+](=O)[O-])cc1Cl. The summed E-state index contributed by atoms with van der Waals surface area (Å²) in [5.74, 6) is -1.46. The molecule has 0 amide bonds. The zero-order valence-electron chi connectivity index (χ0n) is 6.19. The van der Waals surface area contributed by atoms with E-state index in [4.69, 9.17) is 11.6 Å². The fraction of sp³-hybridized carbons (Fsp3) is 0. The summed E-state index contributed by atoms with van der Waals surface area (Å²) >= 11 is 5.44. The minimum absolute atomic E-state index is 0.200. The minimum Gasteiger partial charge on any atom is -0.545 e. The number of nitro groups is 1. The van der Waals surface area contributed by atoms with Crippen LogP contribution in [0.25, 0.3) is 0 Å². The van der Waals surface area contributed by atoms with Crippen LogP contribution in [0.4, 0.5) is 5.69 Å². The van der Waals surface area contributed by atoms with Gasteiger partial charge in [0.15, 0.2) is 0 Å². The number of hydrogen-bond acceptors (Lipinski definition) is 4. The van der Waals surface area contributed by atoms with Crippen LogP contribution in [0.5, 0.6) is 0 Å². The number of carboxylic acids is 1. The molecule has 13 heavy (non-hydrogen) atoms. The molecule has 0 radical (unpaired) electrons. The Balaban J connectivity index is 3.20. The van der Waals surface area contributed by atoms with Gasteiger partial charge in [0.2, 0.25) is 0 Å². The maximum Gasteiger partial charge on any atom is 0.270 e. The standard InChI is InChI=1S/C7H4ClNO4/c8-6-3-4(9(12)13)1-2-5(6)7(10)11/h1-3H,(H,10,11)/p-1. The molecule has 6 heteroatoms. The third-order valence-electron chi connectivity index (χ3n) is 1.38. The summed E-state index contributed by atoms with van der Waals surface area (Å²) in [5, 5.41) is 20.4. The summed E-state index contributed by atoms with van der Waals surface area (Å²) in [6, 6.07) is 3.06. The molecule has 1 aromatic rings. The van der Waals surface area contributed by atoms with Crippen molar-refractivity contribution in [1.82, 2.24) is 0 Å². The average Bonchev–Trinajstić information content (AvgIpc) is 2.03. The second kappa shape index (κ2) is 3.40. The summed E-state index contributed by atoms with van der Waals surface area (Å²) in [6.45, 7) is 0. The number of hydrogen-bond donors (Lipinski definition) is 0. The van der Waals surface area contributed by atoms with Gasteiger partial charge in [-0.25, -0.2) is 0 Å². The maximum absolute atomic E-state index is 10.3. The molecule has 0 saturated carbocycles. The van der Waals surface area contributed by atoms with Gasteiger partial charge in [-0.1, -0.05) is 11.6 Å². The third kappa shape index (κ3) is 1.94. The Morgan fingerprint density at radius 2 is 2.08 bits per heavy atom. The van der Waals surface area contributed by atoms with E-state index in [1.807, 2.05) is 0 Å². The van der Waals surface area contributed by atoms with Crippen molar-refractivity contribution in [1.29, 1.82) is 0 Å². The predicted octanol–water partition coefficient (Wildman–Crippen LogP) is 0.612. The fourth-order valence-electron chi connectivity index (χ4n) is 0.783. The summed E-state index contributed by atoms with van der Waals surface area (Å²) in [7, 11) is 0. The molecule has 0 heterocycles. The molecule has 0 aliphatic rings. The summed E-state index contributed by atoms with van der Waals surface area (Å²) in [6.07, 6.45) is 0. The Kier molecular flexibility index (Phi) is 2.48. The number of nitrogens with zero attached hydrogens (tertiary/aromatic N) is 1. The van der Waals surface area contributed by atoms with E-state index in [9.17, 15) is 20.0 Å². The molecule has 5 nitrogen and oxygen atoms in total. The summed E-state index contributed by atoms with van der Waals surface area (Å²) < 4.78 is 0. The molecular formula is C7H3ClNO4-. The molecule has 1 aromatic carbocycles. The molecule has 0 aliphatic carbocycles. The lowest BCUT2D eigenvalue weighted by Crippen LogP contribution is -2.22. The molecule has 0 fully saturated rings. The molecule has 0 aromatic heterocycles. The van der Waals surface area contributed by atoms with Crippen molar-refractivity contribution < 1.29 is 14.8 Å². The number of halogens is 1. The highest BCUT2D eigenvalue weighted by molar-refractivity contribution is 6.33. The summed E-state index contributed by atoms with van der Waals surface area (Å²) in [5.41, 5.74) is -0.512. The quantitative estimate of drug-likeness (QED) is 0.517. The number of carbonyl (C=O) groups excluding carboxylic acids is 1. The largest absolute Gasteiger partial charge is 0.545 e. The van der Waals surface area contributed by atoms with Crippen molar-refractivity contribution in [2.75, 3.05) is 0 Å². The Labute approximate surface area is 77.7 Å². The number of rotatable bonds is 2. The van der Waals surface area contributed by atoms with E-state index in [1.54, 1.807) is 0 Å². The number of aromatic carboxylic acids is 1. The number of carboxylic acid groups (broad SMARTS) is 1. The highest BCUT2D eigenvalue weighted by Gasteiger charge is 2.09. The molecule has 0 spiro atoms.